The second-order valence-electron chi connectivity index (χ2n) is 8.08. The van der Waals surface area contributed by atoms with E-state index >= 15 is 0 Å². The van der Waals surface area contributed by atoms with Crippen molar-refractivity contribution in [3.8, 4) is 11.3 Å². The molecule has 4 rings (SSSR count). The van der Waals surface area contributed by atoms with Gasteiger partial charge in [0.2, 0.25) is 5.91 Å². The van der Waals surface area contributed by atoms with Crippen LogP contribution in [0.2, 0.25) is 0 Å². The minimum atomic E-state index is -0.253. The number of aromatic amines is 1. The van der Waals surface area contributed by atoms with Gasteiger partial charge in [0.15, 0.2) is 0 Å². The summed E-state index contributed by atoms with van der Waals surface area (Å²) in [5, 5.41) is 3.25. The van der Waals surface area contributed by atoms with Crippen molar-refractivity contribution in [1.82, 2.24) is 20.3 Å². The van der Waals surface area contributed by atoms with E-state index in [0.29, 0.717) is 18.9 Å². The Morgan fingerprint density at radius 1 is 1.10 bits per heavy atom. The molecule has 1 unspecified atom stereocenters. The summed E-state index contributed by atoms with van der Waals surface area (Å²) in [5.41, 5.74) is 8.64. The molecule has 0 aliphatic heterocycles. The van der Waals surface area contributed by atoms with Crippen molar-refractivity contribution in [1.29, 1.82) is 0 Å². The van der Waals surface area contributed by atoms with Gasteiger partial charge in [-0.05, 0) is 50.3 Å². The summed E-state index contributed by atoms with van der Waals surface area (Å²) in [5.74, 6) is 1.45. The second-order valence-corrected chi connectivity index (χ2v) is 8.08. The van der Waals surface area contributed by atoms with Crippen molar-refractivity contribution in [2.45, 2.75) is 38.1 Å². The number of hydrogen-bond donors (Lipinski definition) is 3. The molecule has 1 fully saturated rings. The predicted octanol–water partition coefficient (Wildman–Crippen LogP) is 3.64. The van der Waals surface area contributed by atoms with E-state index in [1.54, 1.807) is 6.20 Å². The summed E-state index contributed by atoms with van der Waals surface area (Å²) in [4.78, 5) is 25.5. The largest absolute Gasteiger partial charge is 0.346 e. The van der Waals surface area contributed by atoms with Gasteiger partial charge in [-0.2, -0.15) is 0 Å². The predicted molar refractivity (Wildman–Crippen MR) is 117 cm³/mol. The molecule has 1 aliphatic rings. The lowest BCUT2D eigenvalue weighted by atomic mass is 9.81. The minimum absolute atomic E-state index is 0.0441. The van der Waals surface area contributed by atoms with Crippen LogP contribution in [0.5, 0.6) is 0 Å². The summed E-state index contributed by atoms with van der Waals surface area (Å²) in [6, 6.07) is 15.6. The van der Waals surface area contributed by atoms with Crippen molar-refractivity contribution in [3.05, 3.63) is 72.4 Å². The number of imidazole rings is 1. The van der Waals surface area contributed by atoms with E-state index in [-0.39, 0.29) is 17.9 Å². The number of H-pyrrole nitrogens is 1. The average Bonchev–Trinajstić information content (AvgIpc) is 3.30. The number of nitrogens with zero attached hydrogens (tertiary/aromatic N) is 2. The fourth-order valence-corrected chi connectivity index (χ4v) is 4.17. The molecular formula is C24H29N5O. The monoisotopic (exact) mass is 403 g/mol. The summed E-state index contributed by atoms with van der Waals surface area (Å²) in [6.45, 7) is 0.714. The number of carbonyl (C=O) groups is 1. The summed E-state index contributed by atoms with van der Waals surface area (Å²) >= 11 is 0. The summed E-state index contributed by atoms with van der Waals surface area (Å²) in [6.07, 6.45) is 8.12. The smallest absolute Gasteiger partial charge is 0.223 e. The highest BCUT2D eigenvalue weighted by Gasteiger charge is 2.28. The Balaban J connectivity index is 1.51. The van der Waals surface area contributed by atoms with Gasteiger partial charge in [0.05, 0.1) is 11.7 Å². The van der Waals surface area contributed by atoms with Crippen LogP contribution in [-0.2, 0) is 11.2 Å². The number of carbonyl (C=O) groups excluding carboxylic acids is 1. The van der Waals surface area contributed by atoms with Crippen molar-refractivity contribution in [3.63, 3.8) is 0 Å². The van der Waals surface area contributed by atoms with Crippen LogP contribution in [0, 0.1) is 11.8 Å². The molecule has 1 amide bonds. The molecule has 2 heterocycles. The molecule has 0 radical (unpaired) electrons. The number of aromatic nitrogens is 3. The normalized spacial score (nSPS) is 19.9. The molecule has 3 aromatic rings. The number of amides is 1. The number of rotatable bonds is 7. The molecule has 30 heavy (non-hydrogen) atoms. The fourth-order valence-electron chi connectivity index (χ4n) is 4.17. The zero-order valence-corrected chi connectivity index (χ0v) is 17.1. The molecule has 1 atom stereocenters. The van der Waals surface area contributed by atoms with E-state index in [2.05, 4.69) is 15.3 Å². The molecule has 4 N–H and O–H groups in total. The molecule has 2 aromatic heterocycles. The summed E-state index contributed by atoms with van der Waals surface area (Å²) in [7, 11) is 0. The van der Waals surface area contributed by atoms with E-state index < -0.39 is 0 Å². The third-order valence-corrected chi connectivity index (χ3v) is 6.00. The lowest BCUT2D eigenvalue weighted by Gasteiger charge is -2.28. The molecule has 156 valence electrons. The number of nitrogens with two attached hydrogens (primary N) is 1. The van der Waals surface area contributed by atoms with Crippen LogP contribution in [0.1, 0.15) is 43.2 Å². The standard InChI is InChI=1S/C24H29N5O/c25-15-17-9-11-19(12-10-17)24(30)29-21(14-20-8-4-5-13-26-20)23-27-16-22(28-23)18-6-2-1-3-7-18/h1-8,13,16-17,19,21H,9-12,14-15,25H2,(H,27,28)(H,29,30). The van der Waals surface area contributed by atoms with Crippen molar-refractivity contribution in [2.75, 3.05) is 6.54 Å². The van der Waals surface area contributed by atoms with Gasteiger partial charge < -0.3 is 16.0 Å². The van der Waals surface area contributed by atoms with E-state index in [9.17, 15) is 4.79 Å². The lowest BCUT2D eigenvalue weighted by molar-refractivity contribution is -0.127. The van der Waals surface area contributed by atoms with Gasteiger partial charge in [-0.15, -0.1) is 0 Å². The van der Waals surface area contributed by atoms with Gasteiger partial charge in [0.25, 0.3) is 0 Å². The highest BCUT2D eigenvalue weighted by atomic mass is 16.1. The minimum Gasteiger partial charge on any atom is -0.346 e. The highest BCUT2D eigenvalue weighted by molar-refractivity contribution is 5.79. The number of benzene rings is 1. The van der Waals surface area contributed by atoms with E-state index in [4.69, 9.17) is 10.7 Å². The van der Waals surface area contributed by atoms with E-state index in [1.165, 1.54) is 0 Å². The Hall–Kier alpha value is -2.99. The fraction of sp³-hybridized carbons (Fsp3) is 0.375. The van der Waals surface area contributed by atoms with Crippen molar-refractivity contribution >= 4 is 5.91 Å². The molecule has 1 aliphatic carbocycles. The van der Waals surface area contributed by atoms with Gasteiger partial charge in [-0.1, -0.05) is 36.4 Å². The Bertz CT molecular complexity index is 932. The molecule has 1 saturated carbocycles. The van der Waals surface area contributed by atoms with Crippen LogP contribution in [0.15, 0.2) is 60.9 Å². The third-order valence-electron chi connectivity index (χ3n) is 6.00. The van der Waals surface area contributed by atoms with Crippen LogP contribution in [0.4, 0.5) is 0 Å². The van der Waals surface area contributed by atoms with Gasteiger partial charge in [0, 0.05) is 36.0 Å². The zero-order valence-electron chi connectivity index (χ0n) is 17.1. The highest BCUT2D eigenvalue weighted by Crippen LogP contribution is 2.29. The zero-order chi connectivity index (χ0) is 20.8. The van der Waals surface area contributed by atoms with Crippen LogP contribution in [0.3, 0.4) is 0 Å². The topological polar surface area (TPSA) is 96.7 Å². The maximum Gasteiger partial charge on any atom is 0.223 e. The maximum atomic E-state index is 13.0. The Morgan fingerprint density at radius 2 is 1.87 bits per heavy atom. The second kappa shape index (κ2) is 9.67. The molecule has 6 nitrogen and oxygen atoms in total. The Morgan fingerprint density at radius 3 is 2.57 bits per heavy atom. The van der Waals surface area contributed by atoms with E-state index in [0.717, 1.165) is 48.5 Å². The quantitative estimate of drug-likeness (QED) is 0.561. The van der Waals surface area contributed by atoms with E-state index in [1.807, 2.05) is 54.7 Å². The van der Waals surface area contributed by atoms with Crippen LogP contribution >= 0.6 is 0 Å². The molecule has 0 saturated heterocycles. The summed E-state index contributed by atoms with van der Waals surface area (Å²) < 4.78 is 0. The van der Waals surface area contributed by atoms with Crippen molar-refractivity contribution < 1.29 is 4.79 Å². The van der Waals surface area contributed by atoms with Crippen LogP contribution in [0.25, 0.3) is 11.3 Å². The molecular weight excluding hydrogens is 374 g/mol. The first-order chi connectivity index (χ1) is 14.7. The van der Waals surface area contributed by atoms with Crippen LogP contribution in [-0.4, -0.2) is 27.4 Å². The molecule has 6 heteroatoms. The first-order valence-corrected chi connectivity index (χ1v) is 10.7. The Labute approximate surface area is 177 Å². The average molecular weight is 404 g/mol. The third kappa shape index (κ3) is 4.94. The first kappa shape index (κ1) is 20.3. The van der Waals surface area contributed by atoms with Gasteiger partial charge in [-0.3, -0.25) is 9.78 Å². The molecule has 1 aromatic carbocycles. The first-order valence-electron chi connectivity index (χ1n) is 10.7. The number of nitrogens with one attached hydrogen (secondary N) is 2. The number of hydrogen-bond acceptors (Lipinski definition) is 4. The molecule has 0 spiro atoms. The van der Waals surface area contributed by atoms with Gasteiger partial charge in [-0.25, -0.2) is 4.98 Å². The van der Waals surface area contributed by atoms with Crippen molar-refractivity contribution in [2.24, 2.45) is 17.6 Å². The SMILES string of the molecule is NCC1CCC(C(=O)NC(Cc2ccccn2)c2nc(-c3ccccc3)c[nH]2)CC1. The lowest BCUT2D eigenvalue weighted by Crippen LogP contribution is -2.37. The number of pyridine rings is 1. The van der Waals surface area contributed by atoms with Crippen LogP contribution < -0.4 is 11.1 Å². The maximum absolute atomic E-state index is 13.0. The Kier molecular flexibility index (Phi) is 6.54. The molecule has 0 bridgehead atoms. The van der Waals surface area contributed by atoms with Gasteiger partial charge in [0.1, 0.15) is 5.82 Å². The van der Waals surface area contributed by atoms with Gasteiger partial charge >= 0.3 is 0 Å².